The van der Waals surface area contributed by atoms with Crippen molar-refractivity contribution in [2.24, 2.45) is 5.92 Å². The third-order valence-corrected chi connectivity index (χ3v) is 3.34. The first-order chi connectivity index (χ1) is 8.32. The number of hydrogen-bond donors (Lipinski definition) is 2. The molecule has 0 aliphatic carbocycles. The van der Waals surface area contributed by atoms with Crippen LogP contribution in [-0.4, -0.2) is 54.9 Å². The maximum absolute atomic E-state index is 12.4. The third-order valence-electron chi connectivity index (χ3n) is 3.34. The second-order valence-corrected chi connectivity index (χ2v) is 4.72. The predicted molar refractivity (Wildman–Crippen MR) is 60.3 cm³/mol. The number of aliphatic carboxylic acids is 1. The van der Waals surface area contributed by atoms with Crippen molar-refractivity contribution in [3.63, 3.8) is 0 Å². The van der Waals surface area contributed by atoms with Gasteiger partial charge in [0.2, 0.25) is 0 Å². The van der Waals surface area contributed by atoms with Crippen LogP contribution in [0.15, 0.2) is 0 Å². The number of hydrogen-bond acceptors (Lipinski definition) is 3. The molecule has 0 amide bonds. The number of carbonyl (C=O) groups is 1. The molecule has 0 bridgehead atoms. The predicted octanol–water partition coefficient (Wildman–Crippen LogP) is 1.32. The lowest BCUT2D eigenvalue weighted by atomic mass is 10.0. The largest absolute Gasteiger partial charge is 0.481 e. The number of piperidine rings is 1. The summed E-state index contributed by atoms with van der Waals surface area (Å²) in [6, 6.07) is 0.196. The molecular weight excluding hydrogens is 249 g/mol. The summed E-state index contributed by atoms with van der Waals surface area (Å²) in [5, 5.41) is 11.2. The molecule has 0 saturated carbocycles. The highest BCUT2D eigenvalue weighted by Crippen LogP contribution is 2.26. The van der Waals surface area contributed by atoms with E-state index < -0.39 is 24.6 Å². The van der Waals surface area contributed by atoms with E-state index in [4.69, 9.17) is 5.11 Å². The van der Waals surface area contributed by atoms with E-state index >= 15 is 0 Å². The minimum atomic E-state index is -4.70. The standard InChI is InChI=1S/C11H19F3N2O2/c1-16-5-3-2-4-8(16)6-15-7-9(10(17)18)11(12,13)14/h8-9,15H,2-7H2,1H3,(H,17,18). The van der Waals surface area contributed by atoms with Crippen molar-refractivity contribution in [3.8, 4) is 0 Å². The topological polar surface area (TPSA) is 52.6 Å². The Balaban J connectivity index is 2.37. The first-order valence-corrected chi connectivity index (χ1v) is 6.03. The van der Waals surface area contributed by atoms with E-state index in [2.05, 4.69) is 10.2 Å². The van der Waals surface area contributed by atoms with Crippen molar-refractivity contribution in [2.75, 3.05) is 26.7 Å². The van der Waals surface area contributed by atoms with E-state index in [0.717, 1.165) is 25.8 Å². The number of nitrogens with zero attached hydrogens (tertiary/aromatic N) is 1. The summed E-state index contributed by atoms with van der Waals surface area (Å²) in [6.07, 6.45) is -1.59. The molecule has 1 saturated heterocycles. The van der Waals surface area contributed by atoms with Gasteiger partial charge in [-0.1, -0.05) is 6.42 Å². The molecule has 0 spiro atoms. The van der Waals surface area contributed by atoms with Crippen LogP contribution in [0, 0.1) is 5.92 Å². The van der Waals surface area contributed by atoms with E-state index in [9.17, 15) is 18.0 Å². The number of carboxylic acids is 1. The van der Waals surface area contributed by atoms with Gasteiger partial charge in [0.05, 0.1) is 0 Å². The van der Waals surface area contributed by atoms with Crippen molar-refractivity contribution < 1.29 is 23.1 Å². The van der Waals surface area contributed by atoms with Gasteiger partial charge in [0, 0.05) is 19.1 Å². The summed E-state index contributed by atoms with van der Waals surface area (Å²) in [6.45, 7) is 0.771. The maximum Gasteiger partial charge on any atom is 0.403 e. The van der Waals surface area contributed by atoms with Gasteiger partial charge in [-0.15, -0.1) is 0 Å². The minimum absolute atomic E-state index is 0.196. The average Bonchev–Trinajstić information content (AvgIpc) is 2.24. The number of likely N-dealkylation sites (tertiary alicyclic amines) is 1. The number of halogens is 3. The molecule has 2 unspecified atom stereocenters. The second-order valence-electron chi connectivity index (χ2n) is 4.72. The highest BCUT2D eigenvalue weighted by molar-refractivity contribution is 5.71. The molecule has 2 N–H and O–H groups in total. The van der Waals surface area contributed by atoms with Gasteiger partial charge < -0.3 is 15.3 Å². The molecule has 18 heavy (non-hydrogen) atoms. The molecule has 0 aromatic carbocycles. The zero-order valence-electron chi connectivity index (χ0n) is 10.3. The van der Waals surface area contributed by atoms with Gasteiger partial charge >= 0.3 is 12.1 Å². The summed E-state index contributed by atoms with van der Waals surface area (Å²) >= 11 is 0. The SMILES string of the molecule is CN1CCCCC1CNCC(C(=O)O)C(F)(F)F. The summed E-state index contributed by atoms with van der Waals surface area (Å²) in [4.78, 5) is 12.6. The van der Waals surface area contributed by atoms with Crippen LogP contribution in [0.4, 0.5) is 13.2 Å². The minimum Gasteiger partial charge on any atom is -0.481 e. The van der Waals surface area contributed by atoms with Crippen LogP contribution < -0.4 is 5.32 Å². The molecule has 1 rings (SSSR count). The van der Waals surface area contributed by atoms with Gasteiger partial charge in [-0.25, -0.2) is 0 Å². The smallest absolute Gasteiger partial charge is 0.403 e. The summed E-state index contributed by atoms with van der Waals surface area (Å²) in [7, 11) is 1.93. The molecule has 0 radical (unpaired) electrons. The number of likely N-dealkylation sites (N-methyl/N-ethyl adjacent to an activating group) is 1. The lowest BCUT2D eigenvalue weighted by Gasteiger charge is -2.32. The molecule has 1 fully saturated rings. The Bertz CT molecular complexity index is 284. The number of alkyl halides is 3. The van der Waals surface area contributed by atoms with E-state index in [1.165, 1.54) is 0 Å². The highest BCUT2D eigenvalue weighted by atomic mass is 19.4. The summed E-state index contributed by atoms with van der Waals surface area (Å²) < 4.78 is 37.1. The maximum atomic E-state index is 12.4. The van der Waals surface area contributed by atoms with Crippen LogP contribution in [0.1, 0.15) is 19.3 Å². The molecule has 1 aliphatic rings. The lowest BCUT2D eigenvalue weighted by Crippen LogP contribution is -2.46. The average molecular weight is 268 g/mol. The van der Waals surface area contributed by atoms with Crippen LogP contribution in [0.2, 0.25) is 0 Å². The van der Waals surface area contributed by atoms with Gasteiger partial charge in [0.1, 0.15) is 0 Å². The van der Waals surface area contributed by atoms with Crippen molar-refractivity contribution in [3.05, 3.63) is 0 Å². The normalized spacial score (nSPS) is 23.9. The third kappa shape index (κ3) is 4.45. The van der Waals surface area contributed by atoms with Crippen LogP contribution in [0.25, 0.3) is 0 Å². The van der Waals surface area contributed by atoms with Crippen LogP contribution in [-0.2, 0) is 4.79 Å². The summed E-state index contributed by atoms with van der Waals surface area (Å²) in [5.74, 6) is -4.15. The molecular formula is C11H19F3N2O2. The first kappa shape index (κ1) is 15.2. The van der Waals surface area contributed by atoms with Gasteiger partial charge in [0.25, 0.3) is 0 Å². The van der Waals surface area contributed by atoms with E-state index in [0.29, 0.717) is 6.54 Å². The zero-order valence-corrected chi connectivity index (χ0v) is 10.3. The molecule has 4 nitrogen and oxygen atoms in total. The quantitative estimate of drug-likeness (QED) is 0.789. The first-order valence-electron chi connectivity index (χ1n) is 6.03. The van der Waals surface area contributed by atoms with E-state index in [1.54, 1.807) is 0 Å². The Morgan fingerprint density at radius 3 is 2.67 bits per heavy atom. The van der Waals surface area contributed by atoms with Gasteiger partial charge in [-0.2, -0.15) is 13.2 Å². The van der Waals surface area contributed by atoms with Gasteiger partial charge in [-0.3, -0.25) is 4.79 Å². The molecule has 7 heteroatoms. The Kier molecular flexibility index (Phi) is 5.40. The Hall–Kier alpha value is -0.820. The molecule has 0 aromatic heterocycles. The molecule has 0 aromatic rings. The molecule has 2 atom stereocenters. The fourth-order valence-electron chi connectivity index (χ4n) is 2.14. The Morgan fingerprint density at radius 2 is 2.17 bits per heavy atom. The highest BCUT2D eigenvalue weighted by Gasteiger charge is 2.44. The van der Waals surface area contributed by atoms with Crippen LogP contribution in [0.5, 0.6) is 0 Å². The fourth-order valence-corrected chi connectivity index (χ4v) is 2.14. The Morgan fingerprint density at radius 1 is 1.50 bits per heavy atom. The van der Waals surface area contributed by atoms with E-state index in [-0.39, 0.29) is 6.04 Å². The van der Waals surface area contributed by atoms with E-state index in [1.807, 2.05) is 7.05 Å². The van der Waals surface area contributed by atoms with Crippen LogP contribution in [0.3, 0.4) is 0 Å². The molecule has 1 aliphatic heterocycles. The monoisotopic (exact) mass is 268 g/mol. The molecule has 106 valence electrons. The summed E-state index contributed by atoms with van der Waals surface area (Å²) in [5.41, 5.74) is 0. The number of nitrogens with one attached hydrogen (secondary N) is 1. The number of carboxylic acid groups (broad SMARTS) is 1. The second kappa shape index (κ2) is 6.38. The van der Waals surface area contributed by atoms with Crippen molar-refractivity contribution >= 4 is 5.97 Å². The van der Waals surface area contributed by atoms with Crippen molar-refractivity contribution in [1.82, 2.24) is 10.2 Å². The van der Waals surface area contributed by atoms with Crippen molar-refractivity contribution in [2.45, 2.75) is 31.5 Å². The fraction of sp³-hybridized carbons (Fsp3) is 0.909. The Labute approximate surface area is 104 Å². The molecule has 1 heterocycles. The lowest BCUT2D eigenvalue weighted by molar-refractivity contribution is -0.192. The zero-order chi connectivity index (χ0) is 13.8. The van der Waals surface area contributed by atoms with Gasteiger partial charge in [0.15, 0.2) is 5.92 Å². The van der Waals surface area contributed by atoms with Crippen LogP contribution >= 0.6 is 0 Å². The number of rotatable bonds is 5. The van der Waals surface area contributed by atoms with Gasteiger partial charge in [-0.05, 0) is 26.4 Å². The van der Waals surface area contributed by atoms with Crippen molar-refractivity contribution in [1.29, 1.82) is 0 Å².